The Morgan fingerprint density at radius 2 is 2.16 bits per heavy atom. The van der Waals surface area contributed by atoms with Crippen LogP contribution in [0.1, 0.15) is 30.4 Å². The number of benzene rings is 1. The van der Waals surface area contributed by atoms with Crippen LogP contribution in [0.2, 0.25) is 0 Å². The summed E-state index contributed by atoms with van der Waals surface area (Å²) in [7, 11) is 0. The van der Waals surface area contributed by atoms with Crippen LogP contribution in [0.15, 0.2) is 41.4 Å². The third-order valence-electron chi connectivity index (χ3n) is 5.35. The van der Waals surface area contributed by atoms with Crippen LogP contribution < -0.4 is 5.32 Å². The fourth-order valence-electron chi connectivity index (χ4n) is 3.85. The lowest BCUT2D eigenvalue weighted by Gasteiger charge is -2.13. The van der Waals surface area contributed by atoms with Crippen molar-refractivity contribution in [2.75, 3.05) is 6.61 Å². The number of carbonyl (C=O) groups excluding carboxylic acids is 1. The molecule has 132 valence electrons. The van der Waals surface area contributed by atoms with E-state index in [2.05, 4.69) is 36.5 Å². The first-order chi connectivity index (χ1) is 12.2. The van der Waals surface area contributed by atoms with Gasteiger partial charge in [0.2, 0.25) is 5.91 Å². The van der Waals surface area contributed by atoms with Gasteiger partial charge in [-0.25, -0.2) is 0 Å². The zero-order valence-corrected chi connectivity index (χ0v) is 15.3. The number of hydrogen-bond donors (Lipinski definition) is 1. The summed E-state index contributed by atoms with van der Waals surface area (Å²) in [6.45, 7) is 3.28. The maximum Gasteiger partial charge on any atom is 0.239 e. The first-order valence-electron chi connectivity index (χ1n) is 9.05. The molecule has 1 aromatic rings. The Morgan fingerprint density at radius 1 is 1.28 bits per heavy atom. The number of aliphatic imine (C=N–C) groups is 1. The Labute approximate surface area is 153 Å². The number of nitrogens with zero attached hydrogens (tertiary/aromatic N) is 1. The van der Waals surface area contributed by atoms with Crippen molar-refractivity contribution in [3.05, 3.63) is 47.5 Å². The summed E-state index contributed by atoms with van der Waals surface area (Å²) >= 11 is 1.57. The average Bonchev–Trinajstić information content (AvgIpc) is 3.29. The van der Waals surface area contributed by atoms with Crippen LogP contribution in [-0.2, 0) is 16.1 Å². The largest absolute Gasteiger partial charge is 0.377 e. The van der Waals surface area contributed by atoms with Crippen molar-refractivity contribution >= 4 is 22.8 Å². The Kier molecular flexibility index (Phi) is 4.95. The van der Waals surface area contributed by atoms with E-state index in [1.807, 2.05) is 12.1 Å². The molecular weight excluding hydrogens is 332 g/mol. The van der Waals surface area contributed by atoms with Gasteiger partial charge < -0.3 is 10.1 Å². The highest BCUT2D eigenvalue weighted by molar-refractivity contribution is 8.15. The van der Waals surface area contributed by atoms with Crippen LogP contribution in [-0.4, -0.2) is 29.0 Å². The highest BCUT2D eigenvalue weighted by atomic mass is 32.2. The summed E-state index contributed by atoms with van der Waals surface area (Å²) in [5.41, 5.74) is 2.45. The molecule has 1 aromatic carbocycles. The highest BCUT2D eigenvalue weighted by Crippen LogP contribution is 2.41. The molecule has 1 N–H and O–H groups in total. The number of carbonyl (C=O) groups is 1. The van der Waals surface area contributed by atoms with Gasteiger partial charge in [0.05, 0.1) is 17.9 Å². The molecule has 2 fully saturated rings. The lowest BCUT2D eigenvalue weighted by Crippen LogP contribution is -2.26. The summed E-state index contributed by atoms with van der Waals surface area (Å²) in [5, 5.41) is 3.68. The van der Waals surface area contributed by atoms with Crippen molar-refractivity contribution in [1.82, 2.24) is 5.32 Å². The number of amidine groups is 1. The van der Waals surface area contributed by atoms with Gasteiger partial charge in [0.25, 0.3) is 0 Å². The molecule has 2 aliphatic carbocycles. The molecule has 4 atom stereocenters. The quantitative estimate of drug-likeness (QED) is 0.627. The second-order valence-electron chi connectivity index (χ2n) is 7.15. The van der Waals surface area contributed by atoms with E-state index in [1.54, 1.807) is 11.8 Å². The van der Waals surface area contributed by atoms with Crippen molar-refractivity contribution in [1.29, 1.82) is 0 Å². The van der Waals surface area contributed by atoms with Gasteiger partial charge >= 0.3 is 0 Å². The van der Waals surface area contributed by atoms with Gasteiger partial charge in [-0.15, -0.1) is 0 Å². The van der Waals surface area contributed by atoms with Crippen LogP contribution in [0.4, 0.5) is 0 Å². The lowest BCUT2D eigenvalue weighted by atomic mass is 10.0. The molecule has 0 aromatic heterocycles. The third kappa shape index (κ3) is 3.82. The monoisotopic (exact) mass is 356 g/mol. The Bertz CT molecular complexity index is 715. The number of nitrogens with one attached hydrogen (secondary N) is 1. The number of fused-ring (bicyclic) bond motifs is 2. The number of allylic oxidation sites excluding steroid dienone is 1. The molecule has 4 nitrogen and oxygen atoms in total. The molecule has 3 aliphatic rings. The number of aryl methyl sites for hydroxylation is 1. The first kappa shape index (κ1) is 16.9. The second kappa shape index (κ2) is 7.34. The van der Waals surface area contributed by atoms with Gasteiger partial charge in [-0.2, -0.15) is 0 Å². The molecule has 1 saturated heterocycles. The van der Waals surface area contributed by atoms with Crippen LogP contribution in [0, 0.1) is 18.8 Å². The molecule has 1 amide bonds. The van der Waals surface area contributed by atoms with Crippen molar-refractivity contribution in [2.24, 2.45) is 16.8 Å². The van der Waals surface area contributed by atoms with Crippen LogP contribution >= 0.6 is 11.8 Å². The maximum atomic E-state index is 12.2. The number of hydrogen-bond acceptors (Lipinski definition) is 4. The second-order valence-corrected chi connectivity index (χ2v) is 8.34. The maximum absolute atomic E-state index is 12.2. The van der Waals surface area contributed by atoms with Gasteiger partial charge in [0.1, 0.15) is 0 Å². The smallest absolute Gasteiger partial charge is 0.239 e. The topological polar surface area (TPSA) is 50.7 Å². The van der Waals surface area contributed by atoms with E-state index in [9.17, 15) is 4.79 Å². The Balaban J connectivity index is 1.24. The zero-order valence-electron chi connectivity index (χ0n) is 14.5. The van der Waals surface area contributed by atoms with Crippen LogP contribution in [0.3, 0.4) is 0 Å². The van der Waals surface area contributed by atoms with Crippen molar-refractivity contribution < 1.29 is 9.53 Å². The molecule has 25 heavy (non-hydrogen) atoms. The van der Waals surface area contributed by atoms with E-state index in [-0.39, 0.29) is 11.2 Å². The summed E-state index contributed by atoms with van der Waals surface area (Å²) < 4.78 is 5.78. The molecule has 1 saturated carbocycles. The zero-order chi connectivity index (χ0) is 17.2. The van der Waals surface area contributed by atoms with Crippen molar-refractivity contribution in [3.63, 3.8) is 0 Å². The fraction of sp³-hybridized carbons (Fsp3) is 0.500. The first-order valence-corrected chi connectivity index (χ1v) is 9.93. The van der Waals surface area contributed by atoms with Gasteiger partial charge in [-0.3, -0.25) is 9.79 Å². The van der Waals surface area contributed by atoms with Crippen LogP contribution in [0.5, 0.6) is 0 Å². The van der Waals surface area contributed by atoms with Crippen molar-refractivity contribution in [3.8, 4) is 0 Å². The number of amides is 1. The van der Waals surface area contributed by atoms with E-state index in [0.29, 0.717) is 31.1 Å². The lowest BCUT2D eigenvalue weighted by molar-refractivity contribution is -0.119. The normalized spacial score (nSPS) is 31.9. The number of thioether (sulfide) groups is 1. The fourth-order valence-corrected chi connectivity index (χ4v) is 4.86. The summed E-state index contributed by atoms with van der Waals surface area (Å²) in [6.07, 6.45) is 7.69. The molecule has 2 bridgehead atoms. The third-order valence-corrected chi connectivity index (χ3v) is 6.51. The molecule has 1 aliphatic heterocycles. The van der Waals surface area contributed by atoms with Crippen molar-refractivity contribution in [2.45, 2.75) is 44.1 Å². The highest BCUT2D eigenvalue weighted by Gasteiger charge is 2.37. The molecule has 1 heterocycles. The molecular formula is C20H24N2O2S. The van der Waals surface area contributed by atoms with Crippen LogP contribution in [0.25, 0.3) is 0 Å². The minimum Gasteiger partial charge on any atom is -0.377 e. The van der Waals surface area contributed by atoms with E-state index < -0.39 is 0 Å². The Hall–Kier alpha value is -1.59. The number of ether oxygens (including phenoxy) is 1. The summed E-state index contributed by atoms with van der Waals surface area (Å²) in [5.74, 6) is 1.35. The standard InChI is InChI=1S/C20H24N2O2S/c1-13-4-2-3-5-16(13)12-24-9-8-18-19(23)22-20(25-18)21-17-11-14-6-7-15(17)10-14/h2-7,14-15,17-18H,8-12H2,1H3,(H,21,22,23). The van der Waals surface area contributed by atoms with Gasteiger partial charge in [-0.05, 0) is 49.1 Å². The van der Waals surface area contributed by atoms with Gasteiger partial charge in [0, 0.05) is 6.61 Å². The Morgan fingerprint density at radius 3 is 2.92 bits per heavy atom. The SMILES string of the molecule is Cc1ccccc1COCCC1SC(=NC2CC3C=CC2C3)NC1=O. The molecule has 0 radical (unpaired) electrons. The predicted octanol–water partition coefficient (Wildman–Crippen LogP) is 3.45. The van der Waals surface area contributed by atoms with E-state index in [4.69, 9.17) is 9.73 Å². The average molecular weight is 356 g/mol. The minimum atomic E-state index is -0.0789. The molecule has 0 spiro atoms. The van der Waals surface area contributed by atoms with Gasteiger partial charge in [-0.1, -0.05) is 48.2 Å². The summed E-state index contributed by atoms with van der Waals surface area (Å²) in [4.78, 5) is 17.0. The van der Waals surface area contributed by atoms with E-state index in [0.717, 1.165) is 18.0 Å². The van der Waals surface area contributed by atoms with E-state index >= 15 is 0 Å². The summed E-state index contributed by atoms with van der Waals surface area (Å²) in [6, 6.07) is 8.59. The number of rotatable bonds is 6. The minimum absolute atomic E-state index is 0.0712. The molecule has 4 unspecified atom stereocenters. The van der Waals surface area contributed by atoms with Gasteiger partial charge in [0.15, 0.2) is 5.17 Å². The predicted molar refractivity (Wildman–Crippen MR) is 102 cm³/mol. The van der Waals surface area contributed by atoms with E-state index in [1.165, 1.54) is 17.5 Å². The molecule has 5 heteroatoms. The molecule has 4 rings (SSSR count).